The molecule has 2 atom stereocenters. The Hall–Kier alpha value is -3.73. The first-order chi connectivity index (χ1) is 14.6. The normalized spacial score (nSPS) is 17.5. The number of β-lactam (4-membered cyclic amide) rings is 1. The molecule has 0 radical (unpaired) electrons. The number of alkyl carbamates (subject to hydrolysis) is 1. The minimum atomic E-state index is -0.794. The van der Waals surface area contributed by atoms with Crippen LogP contribution < -0.4 is 14.8 Å². The standard InChI is InChI=1S/C22H23N3O5/c1-28-17-9-8-16(19(12-17)29-2)13-25-18(10-11-23)20(21(25)26)24-22(27)30-14-15-6-4-3-5-7-15/h3-9,12,18,20H,10,13-14H2,1-2H3,(H,24,27)/t18-,20+/m0/s1. The molecule has 0 bridgehead atoms. The number of carbonyl (C=O) groups excluding carboxylic acids is 2. The van der Waals surface area contributed by atoms with Gasteiger partial charge in [0.1, 0.15) is 24.1 Å². The molecule has 8 heteroatoms. The van der Waals surface area contributed by atoms with Crippen LogP contribution in [0, 0.1) is 11.3 Å². The Morgan fingerprint density at radius 3 is 2.60 bits per heavy atom. The van der Waals surface area contributed by atoms with Crippen LogP contribution >= 0.6 is 0 Å². The topological polar surface area (TPSA) is 101 Å². The van der Waals surface area contributed by atoms with Crippen LogP contribution in [0.3, 0.4) is 0 Å². The summed E-state index contributed by atoms with van der Waals surface area (Å²) >= 11 is 0. The van der Waals surface area contributed by atoms with Gasteiger partial charge in [-0.15, -0.1) is 0 Å². The zero-order chi connectivity index (χ0) is 21.5. The van der Waals surface area contributed by atoms with Crippen molar-refractivity contribution >= 4 is 12.0 Å². The van der Waals surface area contributed by atoms with Crippen molar-refractivity contribution in [3.63, 3.8) is 0 Å². The third-order valence-corrected chi connectivity index (χ3v) is 4.96. The number of methoxy groups -OCH3 is 2. The second kappa shape index (κ2) is 9.65. The number of hydrogen-bond donors (Lipinski definition) is 1. The van der Waals surface area contributed by atoms with E-state index >= 15 is 0 Å². The van der Waals surface area contributed by atoms with E-state index in [1.807, 2.05) is 36.4 Å². The molecule has 1 saturated heterocycles. The number of benzene rings is 2. The fourth-order valence-electron chi connectivity index (χ4n) is 3.34. The zero-order valence-corrected chi connectivity index (χ0v) is 16.8. The molecule has 1 fully saturated rings. The molecule has 1 heterocycles. The second-order valence-electron chi connectivity index (χ2n) is 6.76. The molecular formula is C22H23N3O5. The van der Waals surface area contributed by atoms with Crippen molar-refractivity contribution in [1.82, 2.24) is 10.2 Å². The summed E-state index contributed by atoms with van der Waals surface area (Å²) in [7, 11) is 3.10. The van der Waals surface area contributed by atoms with Crippen molar-refractivity contribution in [3.8, 4) is 17.6 Å². The van der Waals surface area contributed by atoms with E-state index in [9.17, 15) is 14.9 Å². The van der Waals surface area contributed by atoms with Crippen LogP contribution in [0.15, 0.2) is 48.5 Å². The molecule has 3 rings (SSSR count). The molecule has 1 aliphatic rings. The van der Waals surface area contributed by atoms with Crippen LogP contribution in [-0.4, -0.2) is 43.2 Å². The van der Waals surface area contributed by atoms with Crippen LogP contribution in [0.1, 0.15) is 17.5 Å². The third-order valence-electron chi connectivity index (χ3n) is 4.96. The number of hydrogen-bond acceptors (Lipinski definition) is 6. The highest BCUT2D eigenvalue weighted by Gasteiger charge is 2.48. The highest BCUT2D eigenvalue weighted by molar-refractivity contribution is 5.92. The fourth-order valence-corrected chi connectivity index (χ4v) is 3.34. The number of amides is 2. The smallest absolute Gasteiger partial charge is 0.408 e. The summed E-state index contributed by atoms with van der Waals surface area (Å²) in [6.45, 7) is 0.360. The lowest BCUT2D eigenvalue weighted by molar-refractivity contribution is -0.151. The Kier molecular flexibility index (Phi) is 6.75. The van der Waals surface area contributed by atoms with Gasteiger partial charge in [-0.3, -0.25) is 4.79 Å². The Bertz CT molecular complexity index is 942. The molecule has 0 spiro atoms. The number of carbonyl (C=O) groups is 2. The van der Waals surface area contributed by atoms with Crippen molar-refractivity contribution in [2.45, 2.75) is 31.7 Å². The quantitative estimate of drug-likeness (QED) is 0.673. The molecule has 0 aliphatic carbocycles. The summed E-state index contributed by atoms with van der Waals surface area (Å²) in [6.07, 6.45) is -0.602. The van der Waals surface area contributed by atoms with Crippen molar-refractivity contribution < 1.29 is 23.8 Å². The predicted octanol–water partition coefficient (Wildman–Crippen LogP) is 2.62. The molecule has 0 aromatic heterocycles. The van der Waals surface area contributed by atoms with Gasteiger partial charge in [0.15, 0.2) is 0 Å². The maximum atomic E-state index is 12.7. The van der Waals surface area contributed by atoms with Gasteiger partial charge < -0.3 is 24.4 Å². The van der Waals surface area contributed by atoms with E-state index in [0.29, 0.717) is 11.5 Å². The number of likely N-dealkylation sites (tertiary alicyclic amines) is 1. The summed E-state index contributed by atoms with van der Waals surface area (Å²) in [5, 5.41) is 11.8. The maximum absolute atomic E-state index is 12.7. The van der Waals surface area contributed by atoms with E-state index in [2.05, 4.69) is 11.4 Å². The molecule has 156 valence electrons. The lowest BCUT2D eigenvalue weighted by atomic mass is 9.91. The number of ether oxygens (including phenoxy) is 3. The summed E-state index contributed by atoms with van der Waals surface area (Å²) in [4.78, 5) is 26.3. The van der Waals surface area contributed by atoms with E-state index in [1.165, 1.54) is 7.11 Å². The third kappa shape index (κ3) is 4.63. The summed E-state index contributed by atoms with van der Waals surface area (Å²) in [5.74, 6) is 0.945. The average molecular weight is 409 g/mol. The Morgan fingerprint density at radius 1 is 1.17 bits per heavy atom. The van der Waals surface area contributed by atoms with Crippen LogP contribution in [0.4, 0.5) is 4.79 Å². The predicted molar refractivity (Wildman–Crippen MR) is 108 cm³/mol. The van der Waals surface area contributed by atoms with Gasteiger partial charge >= 0.3 is 6.09 Å². The molecule has 2 aromatic carbocycles. The van der Waals surface area contributed by atoms with Gasteiger partial charge in [0.2, 0.25) is 5.91 Å². The van der Waals surface area contributed by atoms with E-state index < -0.39 is 18.2 Å². The Balaban J connectivity index is 1.62. The summed E-state index contributed by atoms with van der Waals surface area (Å²) in [5.41, 5.74) is 1.62. The van der Waals surface area contributed by atoms with Crippen LogP contribution in [0.2, 0.25) is 0 Å². The monoisotopic (exact) mass is 409 g/mol. The molecule has 2 aromatic rings. The first-order valence-corrected chi connectivity index (χ1v) is 9.43. The highest BCUT2D eigenvalue weighted by Crippen LogP contribution is 2.31. The van der Waals surface area contributed by atoms with Crippen LogP contribution in [0.25, 0.3) is 0 Å². The van der Waals surface area contributed by atoms with Gasteiger partial charge in [0, 0.05) is 18.2 Å². The summed E-state index contributed by atoms with van der Waals surface area (Å²) < 4.78 is 15.8. The zero-order valence-electron chi connectivity index (χ0n) is 16.8. The number of rotatable bonds is 8. The first kappa shape index (κ1) is 21.0. The Morgan fingerprint density at radius 2 is 1.93 bits per heavy atom. The average Bonchev–Trinajstić information content (AvgIpc) is 2.79. The largest absolute Gasteiger partial charge is 0.497 e. The maximum Gasteiger partial charge on any atom is 0.408 e. The van der Waals surface area contributed by atoms with Crippen LogP contribution in [-0.2, 0) is 22.7 Å². The van der Waals surface area contributed by atoms with E-state index in [-0.39, 0.29) is 25.5 Å². The van der Waals surface area contributed by atoms with Gasteiger partial charge in [0.05, 0.1) is 32.8 Å². The molecule has 1 aliphatic heterocycles. The lowest BCUT2D eigenvalue weighted by Gasteiger charge is -2.46. The van der Waals surface area contributed by atoms with Crippen molar-refractivity contribution in [2.75, 3.05) is 14.2 Å². The number of nitriles is 1. The van der Waals surface area contributed by atoms with Gasteiger partial charge in [-0.2, -0.15) is 5.26 Å². The molecule has 30 heavy (non-hydrogen) atoms. The van der Waals surface area contributed by atoms with Crippen LogP contribution in [0.5, 0.6) is 11.5 Å². The van der Waals surface area contributed by atoms with Crippen molar-refractivity contribution in [1.29, 1.82) is 5.26 Å². The van der Waals surface area contributed by atoms with Gasteiger partial charge in [-0.25, -0.2) is 4.79 Å². The van der Waals surface area contributed by atoms with E-state index in [4.69, 9.17) is 14.2 Å². The SMILES string of the molecule is COc1ccc(CN2C(=O)[C@H](NC(=O)OCc3ccccc3)[C@@H]2CC#N)c(OC)c1. The van der Waals surface area contributed by atoms with E-state index in [0.717, 1.165) is 11.1 Å². The first-order valence-electron chi connectivity index (χ1n) is 9.43. The highest BCUT2D eigenvalue weighted by atomic mass is 16.5. The molecule has 0 unspecified atom stereocenters. The minimum Gasteiger partial charge on any atom is -0.497 e. The second-order valence-corrected chi connectivity index (χ2v) is 6.76. The van der Waals surface area contributed by atoms with Gasteiger partial charge in [-0.05, 0) is 17.7 Å². The molecular weight excluding hydrogens is 386 g/mol. The molecule has 8 nitrogen and oxygen atoms in total. The fraction of sp³-hybridized carbons (Fsp3) is 0.318. The minimum absolute atomic E-state index is 0.0911. The van der Waals surface area contributed by atoms with Gasteiger partial charge in [0.25, 0.3) is 0 Å². The lowest BCUT2D eigenvalue weighted by Crippen LogP contribution is -2.70. The molecule has 1 N–H and O–H groups in total. The van der Waals surface area contributed by atoms with Crippen molar-refractivity contribution in [3.05, 3.63) is 59.7 Å². The van der Waals surface area contributed by atoms with Gasteiger partial charge in [-0.1, -0.05) is 30.3 Å². The van der Waals surface area contributed by atoms with Crippen molar-refractivity contribution in [2.24, 2.45) is 0 Å². The Labute approximate surface area is 174 Å². The summed E-state index contributed by atoms with van der Waals surface area (Å²) in [6, 6.07) is 15.4. The van der Waals surface area contributed by atoms with E-state index in [1.54, 1.807) is 24.1 Å². The molecule has 0 saturated carbocycles. The molecule has 2 amide bonds. The number of nitrogens with zero attached hydrogens (tertiary/aromatic N) is 2. The number of nitrogens with one attached hydrogen (secondary N) is 1.